The molecule has 0 fully saturated rings. The molecule has 1 N–H and O–H groups in total. The van der Waals surface area contributed by atoms with Crippen molar-refractivity contribution in [1.82, 2.24) is 4.57 Å². The number of hydrogen-bond acceptors (Lipinski definition) is 2. The van der Waals surface area contributed by atoms with Crippen LogP contribution in [0.25, 0.3) is 10.9 Å². The first-order valence-electron chi connectivity index (χ1n) is 5.86. The molecule has 0 radical (unpaired) electrons. The van der Waals surface area contributed by atoms with Gasteiger partial charge in [0.1, 0.15) is 5.56 Å². The molecule has 0 aliphatic carbocycles. The van der Waals surface area contributed by atoms with Crippen molar-refractivity contribution >= 4 is 16.9 Å². The number of hydrogen-bond donors (Lipinski definition) is 1. The molecule has 4 nitrogen and oxygen atoms in total. The van der Waals surface area contributed by atoms with Gasteiger partial charge in [-0.25, -0.2) is 4.79 Å². The van der Waals surface area contributed by atoms with Crippen LogP contribution in [-0.4, -0.2) is 15.6 Å². The molecule has 18 heavy (non-hydrogen) atoms. The third kappa shape index (κ3) is 2.14. The largest absolute Gasteiger partial charge is 0.477 e. The van der Waals surface area contributed by atoms with E-state index >= 15 is 0 Å². The fourth-order valence-corrected chi connectivity index (χ4v) is 2.04. The van der Waals surface area contributed by atoms with Crippen molar-refractivity contribution in [2.75, 3.05) is 0 Å². The molecule has 1 aromatic heterocycles. The lowest BCUT2D eigenvalue weighted by Gasteiger charge is -2.14. The predicted octanol–water partition coefficient (Wildman–Crippen LogP) is 2.36. The van der Waals surface area contributed by atoms with Gasteiger partial charge in [-0.15, -0.1) is 0 Å². The molecule has 4 heteroatoms. The van der Waals surface area contributed by atoms with E-state index in [1.54, 1.807) is 12.1 Å². The van der Waals surface area contributed by atoms with Gasteiger partial charge < -0.3 is 9.67 Å². The first-order valence-corrected chi connectivity index (χ1v) is 5.86. The lowest BCUT2D eigenvalue weighted by atomic mass is 10.1. The summed E-state index contributed by atoms with van der Waals surface area (Å²) in [5.41, 5.74) is 0.189. The molecule has 0 amide bonds. The van der Waals surface area contributed by atoms with Gasteiger partial charge in [0.15, 0.2) is 0 Å². The molecule has 1 heterocycles. The predicted molar refractivity (Wildman–Crippen MR) is 70.0 cm³/mol. The molecule has 0 aliphatic heterocycles. The van der Waals surface area contributed by atoms with Crippen molar-refractivity contribution < 1.29 is 9.90 Å². The summed E-state index contributed by atoms with van der Waals surface area (Å²) < 4.78 is 1.84. The van der Waals surface area contributed by atoms with E-state index in [-0.39, 0.29) is 5.56 Å². The standard InChI is InChI=1S/C14H15NO3/c1-9(2)7-15-8-11(14(17)18)13(16)10-5-3-4-6-12(10)15/h3-6,8-9H,7H2,1-2H3,(H,17,18). The molecule has 2 rings (SSSR count). The summed E-state index contributed by atoms with van der Waals surface area (Å²) in [7, 11) is 0. The second kappa shape index (κ2) is 4.64. The van der Waals surface area contributed by atoms with Crippen LogP contribution in [0, 0.1) is 5.92 Å². The highest BCUT2D eigenvalue weighted by Crippen LogP contribution is 2.13. The van der Waals surface area contributed by atoms with Crippen molar-refractivity contribution in [1.29, 1.82) is 0 Å². The second-order valence-corrected chi connectivity index (χ2v) is 4.74. The number of para-hydroxylation sites is 1. The average molecular weight is 245 g/mol. The highest BCUT2D eigenvalue weighted by Gasteiger charge is 2.14. The van der Waals surface area contributed by atoms with Crippen molar-refractivity contribution in [2.45, 2.75) is 20.4 Å². The molecular weight excluding hydrogens is 230 g/mol. The smallest absolute Gasteiger partial charge is 0.341 e. The van der Waals surface area contributed by atoms with Crippen LogP contribution in [0.4, 0.5) is 0 Å². The molecule has 0 atom stereocenters. The number of benzene rings is 1. The molecular formula is C14H15NO3. The van der Waals surface area contributed by atoms with E-state index in [1.807, 2.05) is 30.5 Å². The summed E-state index contributed by atoms with van der Waals surface area (Å²) in [6, 6.07) is 7.10. The summed E-state index contributed by atoms with van der Waals surface area (Å²) in [5.74, 6) is -0.805. The molecule has 0 saturated carbocycles. The van der Waals surface area contributed by atoms with E-state index < -0.39 is 11.4 Å². The number of pyridine rings is 1. The van der Waals surface area contributed by atoms with E-state index in [4.69, 9.17) is 5.11 Å². The van der Waals surface area contributed by atoms with Crippen LogP contribution in [0.3, 0.4) is 0 Å². The van der Waals surface area contributed by atoms with Crippen LogP contribution in [-0.2, 0) is 6.54 Å². The molecule has 2 aromatic rings. The summed E-state index contributed by atoms with van der Waals surface area (Å²) in [6.07, 6.45) is 1.44. The van der Waals surface area contributed by atoms with Crippen LogP contribution in [0.2, 0.25) is 0 Å². The van der Waals surface area contributed by atoms with Crippen LogP contribution in [0.15, 0.2) is 35.3 Å². The van der Waals surface area contributed by atoms with Gasteiger partial charge in [0.05, 0.1) is 5.52 Å². The summed E-state index contributed by atoms with van der Waals surface area (Å²) in [5, 5.41) is 9.53. The first kappa shape index (κ1) is 12.4. The summed E-state index contributed by atoms with van der Waals surface area (Å²) >= 11 is 0. The number of aromatic nitrogens is 1. The monoisotopic (exact) mass is 245 g/mol. The zero-order valence-electron chi connectivity index (χ0n) is 10.4. The van der Waals surface area contributed by atoms with Gasteiger partial charge in [-0.05, 0) is 18.1 Å². The lowest BCUT2D eigenvalue weighted by molar-refractivity contribution is 0.0694. The molecule has 0 aliphatic rings. The third-order valence-electron chi connectivity index (χ3n) is 2.78. The van der Waals surface area contributed by atoms with Crippen molar-refractivity contribution in [2.24, 2.45) is 5.92 Å². The minimum absolute atomic E-state index is 0.172. The maximum Gasteiger partial charge on any atom is 0.341 e. The summed E-state index contributed by atoms with van der Waals surface area (Å²) in [4.78, 5) is 23.1. The second-order valence-electron chi connectivity index (χ2n) is 4.74. The van der Waals surface area contributed by atoms with Crippen molar-refractivity contribution in [3.63, 3.8) is 0 Å². The topological polar surface area (TPSA) is 59.3 Å². The van der Waals surface area contributed by atoms with Gasteiger partial charge in [0.25, 0.3) is 0 Å². The summed E-state index contributed by atoms with van der Waals surface area (Å²) in [6.45, 7) is 4.78. The first-order chi connectivity index (χ1) is 8.50. The van der Waals surface area contributed by atoms with Gasteiger partial charge in [-0.3, -0.25) is 4.79 Å². The molecule has 0 bridgehead atoms. The highest BCUT2D eigenvalue weighted by molar-refractivity contribution is 5.92. The quantitative estimate of drug-likeness (QED) is 0.903. The van der Waals surface area contributed by atoms with Gasteiger partial charge in [0, 0.05) is 18.1 Å². The number of carboxylic acids is 1. The Balaban J connectivity index is 2.80. The van der Waals surface area contributed by atoms with Crippen molar-refractivity contribution in [3.05, 3.63) is 46.2 Å². The third-order valence-corrected chi connectivity index (χ3v) is 2.78. The van der Waals surface area contributed by atoms with E-state index in [0.717, 1.165) is 5.52 Å². The normalized spacial score (nSPS) is 11.1. The number of carboxylic acid groups (broad SMARTS) is 1. The van der Waals surface area contributed by atoms with Crippen LogP contribution >= 0.6 is 0 Å². The van der Waals surface area contributed by atoms with E-state index in [9.17, 15) is 9.59 Å². The number of fused-ring (bicyclic) bond motifs is 1. The maximum absolute atomic E-state index is 12.0. The Bertz CT molecular complexity index is 656. The fourth-order valence-electron chi connectivity index (χ4n) is 2.04. The minimum Gasteiger partial charge on any atom is -0.477 e. The Kier molecular flexibility index (Phi) is 3.19. The molecule has 0 unspecified atom stereocenters. The van der Waals surface area contributed by atoms with Crippen LogP contribution in [0.5, 0.6) is 0 Å². The van der Waals surface area contributed by atoms with Gasteiger partial charge in [-0.1, -0.05) is 26.0 Å². The van der Waals surface area contributed by atoms with Gasteiger partial charge in [0.2, 0.25) is 5.43 Å². The highest BCUT2D eigenvalue weighted by atomic mass is 16.4. The Labute approximate surface area is 104 Å². The average Bonchev–Trinajstić information content (AvgIpc) is 2.32. The van der Waals surface area contributed by atoms with Crippen LogP contribution < -0.4 is 5.43 Å². The Morgan fingerprint density at radius 1 is 1.33 bits per heavy atom. The zero-order valence-corrected chi connectivity index (χ0v) is 10.4. The molecule has 0 spiro atoms. The number of aromatic carboxylic acids is 1. The Morgan fingerprint density at radius 3 is 2.61 bits per heavy atom. The van der Waals surface area contributed by atoms with E-state index in [0.29, 0.717) is 17.8 Å². The Hall–Kier alpha value is -2.10. The zero-order chi connectivity index (χ0) is 13.3. The molecule has 1 aromatic carbocycles. The maximum atomic E-state index is 12.0. The number of carbonyl (C=O) groups is 1. The fraction of sp³-hybridized carbons (Fsp3) is 0.286. The van der Waals surface area contributed by atoms with Gasteiger partial charge >= 0.3 is 5.97 Å². The van der Waals surface area contributed by atoms with Crippen LogP contribution in [0.1, 0.15) is 24.2 Å². The molecule has 0 saturated heterocycles. The SMILES string of the molecule is CC(C)Cn1cc(C(=O)O)c(=O)c2ccccc21. The molecule has 94 valence electrons. The Morgan fingerprint density at radius 2 is 2.00 bits per heavy atom. The van der Waals surface area contributed by atoms with Gasteiger partial charge in [-0.2, -0.15) is 0 Å². The number of rotatable bonds is 3. The minimum atomic E-state index is -1.18. The van der Waals surface area contributed by atoms with Crippen molar-refractivity contribution in [3.8, 4) is 0 Å². The van der Waals surface area contributed by atoms with E-state index in [1.165, 1.54) is 6.20 Å². The van der Waals surface area contributed by atoms with E-state index in [2.05, 4.69) is 0 Å². The number of nitrogens with zero attached hydrogens (tertiary/aromatic N) is 1. The lowest BCUT2D eigenvalue weighted by Crippen LogP contribution is -2.19.